The van der Waals surface area contributed by atoms with E-state index in [1.807, 2.05) is 6.20 Å². The van der Waals surface area contributed by atoms with Crippen molar-refractivity contribution in [3.63, 3.8) is 0 Å². The Bertz CT molecular complexity index is 829. The fraction of sp³-hybridized carbons (Fsp3) is 0.286. The molecule has 0 atom stereocenters. The van der Waals surface area contributed by atoms with Gasteiger partial charge in [0.15, 0.2) is 0 Å². The molecular weight excluding hydrogens is 294 g/mol. The third-order valence-electron chi connectivity index (χ3n) is 4.81. The van der Waals surface area contributed by atoms with Crippen LogP contribution in [0.5, 0.6) is 0 Å². The standard InChI is InChI=1S/C21H23N3/c1-16-7-6-8-18(11-16)13-23-14-20(15-23)24-17(2)12-22-21(24)19-9-4-3-5-10-19/h3-12,20H,13-15H2,1-2H3. The molecule has 1 aliphatic rings. The lowest BCUT2D eigenvalue weighted by atomic mass is 10.0. The van der Waals surface area contributed by atoms with Gasteiger partial charge in [-0.3, -0.25) is 4.90 Å². The SMILES string of the molecule is Cc1cccc(CN2CC(n3c(C)cnc3-c3ccccc3)C2)c1. The molecule has 2 aromatic carbocycles. The van der Waals surface area contributed by atoms with Crippen molar-refractivity contribution in [3.05, 3.63) is 77.6 Å². The second kappa shape index (κ2) is 6.25. The molecule has 3 heteroatoms. The quantitative estimate of drug-likeness (QED) is 0.718. The fourth-order valence-electron chi connectivity index (χ4n) is 3.61. The maximum Gasteiger partial charge on any atom is 0.140 e. The molecule has 24 heavy (non-hydrogen) atoms. The van der Waals surface area contributed by atoms with Gasteiger partial charge in [-0.15, -0.1) is 0 Å². The van der Waals surface area contributed by atoms with E-state index in [0.717, 1.165) is 25.5 Å². The number of benzene rings is 2. The zero-order valence-corrected chi connectivity index (χ0v) is 14.3. The van der Waals surface area contributed by atoms with Crippen molar-refractivity contribution in [2.24, 2.45) is 0 Å². The van der Waals surface area contributed by atoms with E-state index in [1.165, 1.54) is 22.4 Å². The maximum atomic E-state index is 4.65. The van der Waals surface area contributed by atoms with Gasteiger partial charge in [-0.25, -0.2) is 4.98 Å². The van der Waals surface area contributed by atoms with Crippen LogP contribution in [0, 0.1) is 13.8 Å². The molecule has 0 unspecified atom stereocenters. The number of rotatable bonds is 4. The highest BCUT2D eigenvalue weighted by Gasteiger charge is 2.30. The highest BCUT2D eigenvalue weighted by atomic mass is 15.3. The van der Waals surface area contributed by atoms with Crippen LogP contribution in [-0.4, -0.2) is 27.5 Å². The van der Waals surface area contributed by atoms with Crippen LogP contribution in [0.1, 0.15) is 22.9 Å². The topological polar surface area (TPSA) is 21.1 Å². The highest BCUT2D eigenvalue weighted by Crippen LogP contribution is 2.30. The van der Waals surface area contributed by atoms with Crippen molar-refractivity contribution in [3.8, 4) is 11.4 Å². The Kier molecular flexibility index (Phi) is 3.95. The number of aryl methyl sites for hydroxylation is 2. The first-order valence-electron chi connectivity index (χ1n) is 8.58. The second-order valence-corrected chi connectivity index (χ2v) is 6.80. The largest absolute Gasteiger partial charge is 0.323 e. The Morgan fingerprint density at radius 3 is 2.54 bits per heavy atom. The van der Waals surface area contributed by atoms with Crippen LogP contribution < -0.4 is 0 Å². The minimum absolute atomic E-state index is 0.521. The van der Waals surface area contributed by atoms with Gasteiger partial charge in [0.1, 0.15) is 5.82 Å². The minimum atomic E-state index is 0.521. The first-order valence-corrected chi connectivity index (χ1v) is 8.58. The molecule has 1 fully saturated rings. The lowest BCUT2D eigenvalue weighted by Crippen LogP contribution is -2.47. The zero-order chi connectivity index (χ0) is 16.5. The average Bonchev–Trinajstić information content (AvgIpc) is 2.93. The molecule has 0 N–H and O–H groups in total. The van der Waals surface area contributed by atoms with E-state index >= 15 is 0 Å². The van der Waals surface area contributed by atoms with Gasteiger partial charge < -0.3 is 4.57 Å². The van der Waals surface area contributed by atoms with Gasteiger partial charge in [-0.1, -0.05) is 60.2 Å². The normalized spacial score (nSPS) is 15.4. The van der Waals surface area contributed by atoms with E-state index in [9.17, 15) is 0 Å². The van der Waals surface area contributed by atoms with Crippen molar-refractivity contribution < 1.29 is 0 Å². The molecule has 0 saturated carbocycles. The van der Waals surface area contributed by atoms with E-state index in [2.05, 4.69) is 82.9 Å². The van der Waals surface area contributed by atoms with E-state index in [1.54, 1.807) is 0 Å². The Morgan fingerprint density at radius 1 is 1.00 bits per heavy atom. The summed E-state index contributed by atoms with van der Waals surface area (Å²) in [5.41, 5.74) is 5.18. The maximum absolute atomic E-state index is 4.65. The third kappa shape index (κ3) is 2.87. The Labute approximate surface area is 143 Å². The van der Waals surface area contributed by atoms with Crippen molar-refractivity contribution in [2.45, 2.75) is 26.4 Å². The van der Waals surface area contributed by atoms with E-state index < -0.39 is 0 Å². The van der Waals surface area contributed by atoms with Crippen molar-refractivity contribution in [1.29, 1.82) is 0 Å². The summed E-state index contributed by atoms with van der Waals surface area (Å²) in [4.78, 5) is 7.16. The van der Waals surface area contributed by atoms with E-state index in [4.69, 9.17) is 0 Å². The molecule has 1 aliphatic heterocycles. The van der Waals surface area contributed by atoms with Gasteiger partial charge in [0.2, 0.25) is 0 Å². The highest BCUT2D eigenvalue weighted by molar-refractivity contribution is 5.56. The van der Waals surface area contributed by atoms with Gasteiger partial charge in [0.25, 0.3) is 0 Å². The van der Waals surface area contributed by atoms with Crippen LogP contribution in [0.2, 0.25) is 0 Å². The molecule has 0 radical (unpaired) electrons. The van der Waals surface area contributed by atoms with Crippen LogP contribution in [0.4, 0.5) is 0 Å². The number of hydrogen-bond donors (Lipinski definition) is 0. The van der Waals surface area contributed by atoms with Gasteiger partial charge in [0.05, 0.1) is 6.04 Å². The molecule has 122 valence electrons. The summed E-state index contributed by atoms with van der Waals surface area (Å²) < 4.78 is 2.40. The Hall–Kier alpha value is -2.39. The number of nitrogens with zero attached hydrogens (tertiary/aromatic N) is 3. The predicted octanol–water partition coefficient (Wildman–Crippen LogP) is 4.22. The number of likely N-dealkylation sites (tertiary alicyclic amines) is 1. The van der Waals surface area contributed by atoms with Crippen molar-refractivity contribution >= 4 is 0 Å². The molecule has 0 amide bonds. The third-order valence-corrected chi connectivity index (χ3v) is 4.81. The smallest absolute Gasteiger partial charge is 0.140 e. The summed E-state index contributed by atoms with van der Waals surface area (Å²) in [6.07, 6.45) is 1.99. The van der Waals surface area contributed by atoms with Crippen LogP contribution in [0.25, 0.3) is 11.4 Å². The van der Waals surface area contributed by atoms with Gasteiger partial charge in [-0.05, 0) is 19.4 Å². The van der Waals surface area contributed by atoms with Crippen LogP contribution >= 0.6 is 0 Å². The summed E-state index contributed by atoms with van der Waals surface area (Å²) >= 11 is 0. The molecule has 0 spiro atoms. The van der Waals surface area contributed by atoms with E-state index in [-0.39, 0.29) is 0 Å². The van der Waals surface area contributed by atoms with Crippen molar-refractivity contribution in [2.75, 3.05) is 13.1 Å². The predicted molar refractivity (Wildman–Crippen MR) is 97.9 cm³/mol. The van der Waals surface area contributed by atoms with E-state index in [0.29, 0.717) is 6.04 Å². The number of hydrogen-bond acceptors (Lipinski definition) is 2. The van der Waals surface area contributed by atoms with Gasteiger partial charge >= 0.3 is 0 Å². The Morgan fingerprint density at radius 2 is 1.79 bits per heavy atom. The molecular formula is C21H23N3. The van der Waals surface area contributed by atoms with Crippen LogP contribution in [-0.2, 0) is 6.54 Å². The lowest BCUT2D eigenvalue weighted by Gasteiger charge is -2.41. The number of imidazole rings is 1. The van der Waals surface area contributed by atoms with Crippen LogP contribution in [0.15, 0.2) is 60.8 Å². The zero-order valence-electron chi connectivity index (χ0n) is 14.3. The average molecular weight is 317 g/mol. The summed E-state index contributed by atoms with van der Waals surface area (Å²) in [7, 11) is 0. The summed E-state index contributed by atoms with van der Waals surface area (Å²) in [6, 6.07) is 19.8. The number of aromatic nitrogens is 2. The summed E-state index contributed by atoms with van der Waals surface area (Å²) in [6.45, 7) is 7.52. The second-order valence-electron chi connectivity index (χ2n) is 6.80. The summed E-state index contributed by atoms with van der Waals surface area (Å²) in [5.74, 6) is 1.09. The molecule has 4 rings (SSSR count). The minimum Gasteiger partial charge on any atom is -0.323 e. The molecule has 1 saturated heterocycles. The summed E-state index contributed by atoms with van der Waals surface area (Å²) in [5, 5.41) is 0. The van der Waals surface area contributed by atoms with Gasteiger partial charge in [0, 0.05) is 37.1 Å². The molecule has 0 aliphatic carbocycles. The lowest BCUT2D eigenvalue weighted by molar-refractivity contribution is 0.0987. The Balaban J connectivity index is 1.49. The van der Waals surface area contributed by atoms with Crippen LogP contribution in [0.3, 0.4) is 0 Å². The molecule has 0 bridgehead atoms. The molecule has 2 heterocycles. The molecule has 1 aromatic heterocycles. The van der Waals surface area contributed by atoms with Gasteiger partial charge in [-0.2, -0.15) is 0 Å². The molecule has 3 aromatic rings. The molecule has 3 nitrogen and oxygen atoms in total. The fourth-order valence-corrected chi connectivity index (χ4v) is 3.61. The first kappa shape index (κ1) is 15.2. The first-order chi connectivity index (χ1) is 11.7. The monoisotopic (exact) mass is 317 g/mol. The van der Waals surface area contributed by atoms with Crippen molar-refractivity contribution in [1.82, 2.24) is 14.5 Å².